The zero-order valence-electron chi connectivity index (χ0n) is 16.0. The molecule has 2 aromatic rings. The maximum atomic E-state index is 13.5. The minimum absolute atomic E-state index is 0.00519. The lowest BCUT2D eigenvalue weighted by atomic mass is 10.1. The smallest absolute Gasteiger partial charge is 0.418 e. The van der Waals surface area contributed by atoms with E-state index in [4.69, 9.17) is 4.74 Å². The number of ether oxygens (including phenoxy) is 1. The molecule has 0 atom stereocenters. The van der Waals surface area contributed by atoms with Gasteiger partial charge >= 0.3 is 6.18 Å². The standard InChI is InChI=1S/C20H22F3N3O3/c1-29-17-6-3-15(4-7-17)14-24-9-2-10-25(12-11-24)19-8-5-16(26(27)28)13-18(19)20(21,22)23/h3-8,13H,2,9-12,14H2,1H3. The number of hydrogen-bond acceptors (Lipinski definition) is 5. The Morgan fingerprint density at radius 2 is 1.79 bits per heavy atom. The molecule has 0 aromatic heterocycles. The number of rotatable bonds is 5. The first-order valence-corrected chi connectivity index (χ1v) is 9.24. The van der Waals surface area contributed by atoms with Crippen molar-refractivity contribution < 1.29 is 22.8 Å². The van der Waals surface area contributed by atoms with E-state index in [0.29, 0.717) is 38.7 Å². The fraction of sp³-hybridized carbons (Fsp3) is 0.400. The second kappa shape index (κ2) is 8.69. The SMILES string of the molecule is COc1ccc(CN2CCCN(c3ccc([N+](=O)[O-])cc3C(F)(F)F)CC2)cc1. The molecule has 0 saturated carbocycles. The van der Waals surface area contributed by atoms with Crippen LogP contribution < -0.4 is 9.64 Å². The van der Waals surface area contributed by atoms with Crippen molar-refractivity contribution in [2.45, 2.75) is 19.1 Å². The van der Waals surface area contributed by atoms with Gasteiger partial charge in [-0.2, -0.15) is 13.2 Å². The Balaban J connectivity index is 1.74. The summed E-state index contributed by atoms with van der Waals surface area (Å²) < 4.78 is 45.7. The molecule has 1 saturated heterocycles. The lowest BCUT2D eigenvalue weighted by Crippen LogP contribution is -2.31. The maximum Gasteiger partial charge on any atom is 0.418 e. The van der Waals surface area contributed by atoms with Gasteiger partial charge in [0.25, 0.3) is 5.69 Å². The Labute approximate surface area is 166 Å². The van der Waals surface area contributed by atoms with Crippen molar-refractivity contribution in [3.05, 3.63) is 63.7 Å². The van der Waals surface area contributed by atoms with E-state index < -0.39 is 22.4 Å². The summed E-state index contributed by atoms with van der Waals surface area (Å²) in [6.45, 7) is 2.93. The van der Waals surface area contributed by atoms with Crippen LogP contribution in [0.1, 0.15) is 17.5 Å². The first kappa shape index (κ1) is 20.9. The Kier molecular flexibility index (Phi) is 6.26. The highest BCUT2D eigenvalue weighted by atomic mass is 19.4. The molecule has 0 unspecified atom stereocenters. The highest BCUT2D eigenvalue weighted by Gasteiger charge is 2.36. The third kappa shape index (κ3) is 5.17. The number of methoxy groups -OCH3 is 1. The summed E-state index contributed by atoms with van der Waals surface area (Å²) in [6, 6.07) is 10.7. The van der Waals surface area contributed by atoms with Gasteiger partial charge in [0.05, 0.1) is 17.6 Å². The van der Waals surface area contributed by atoms with E-state index in [2.05, 4.69) is 4.90 Å². The summed E-state index contributed by atoms with van der Waals surface area (Å²) in [5.74, 6) is 0.772. The molecular formula is C20H22F3N3O3. The zero-order chi connectivity index (χ0) is 21.0. The summed E-state index contributed by atoms with van der Waals surface area (Å²) >= 11 is 0. The molecule has 9 heteroatoms. The van der Waals surface area contributed by atoms with E-state index in [-0.39, 0.29) is 5.69 Å². The number of nitro groups is 1. The molecule has 3 rings (SSSR count). The predicted octanol–water partition coefficient (Wildman–Crippen LogP) is 4.33. The Morgan fingerprint density at radius 3 is 2.41 bits per heavy atom. The number of nitro benzene ring substituents is 1. The first-order chi connectivity index (χ1) is 13.8. The molecular weight excluding hydrogens is 387 g/mol. The van der Waals surface area contributed by atoms with Gasteiger partial charge in [0.2, 0.25) is 0 Å². The minimum Gasteiger partial charge on any atom is -0.497 e. The molecule has 1 fully saturated rings. The summed E-state index contributed by atoms with van der Waals surface area (Å²) in [4.78, 5) is 13.9. The fourth-order valence-electron chi connectivity index (χ4n) is 3.50. The number of non-ortho nitro benzene ring substituents is 1. The quantitative estimate of drug-likeness (QED) is 0.543. The maximum absolute atomic E-state index is 13.5. The van der Waals surface area contributed by atoms with Gasteiger partial charge in [0.1, 0.15) is 5.75 Å². The lowest BCUT2D eigenvalue weighted by molar-refractivity contribution is -0.385. The number of anilines is 1. The second-order valence-corrected chi connectivity index (χ2v) is 6.92. The summed E-state index contributed by atoms with van der Waals surface area (Å²) in [5.41, 5.74) is -0.424. The van der Waals surface area contributed by atoms with Crippen LogP contribution in [0.15, 0.2) is 42.5 Å². The van der Waals surface area contributed by atoms with Gasteiger partial charge in [-0.15, -0.1) is 0 Å². The van der Waals surface area contributed by atoms with Gasteiger partial charge in [-0.3, -0.25) is 15.0 Å². The molecule has 0 amide bonds. The van der Waals surface area contributed by atoms with E-state index in [0.717, 1.165) is 23.9 Å². The van der Waals surface area contributed by atoms with Crippen molar-refractivity contribution >= 4 is 11.4 Å². The van der Waals surface area contributed by atoms with E-state index in [1.807, 2.05) is 24.3 Å². The monoisotopic (exact) mass is 409 g/mol. The lowest BCUT2D eigenvalue weighted by Gasteiger charge is -2.26. The summed E-state index contributed by atoms with van der Waals surface area (Å²) in [6.07, 6.45) is -3.96. The molecule has 1 heterocycles. The van der Waals surface area contributed by atoms with Gasteiger partial charge in [-0.1, -0.05) is 12.1 Å². The van der Waals surface area contributed by atoms with Crippen molar-refractivity contribution in [3.8, 4) is 5.75 Å². The van der Waals surface area contributed by atoms with Crippen LogP contribution >= 0.6 is 0 Å². The molecule has 156 valence electrons. The van der Waals surface area contributed by atoms with E-state index in [1.54, 1.807) is 12.0 Å². The highest BCUT2D eigenvalue weighted by Crippen LogP contribution is 2.39. The molecule has 1 aliphatic rings. The van der Waals surface area contributed by atoms with Gasteiger partial charge < -0.3 is 9.64 Å². The van der Waals surface area contributed by atoms with Crippen LogP contribution in [0.5, 0.6) is 5.75 Å². The summed E-state index contributed by atoms with van der Waals surface area (Å²) in [7, 11) is 1.60. The fourth-order valence-corrected chi connectivity index (χ4v) is 3.50. The zero-order valence-corrected chi connectivity index (χ0v) is 16.0. The number of halogens is 3. The van der Waals surface area contributed by atoms with Crippen molar-refractivity contribution in [2.75, 3.05) is 38.2 Å². The van der Waals surface area contributed by atoms with Gasteiger partial charge in [-0.25, -0.2) is 0 Å². The number of alkyl halides is 3. The molecule has 0 bridgehead atoms. The third-order valence-electron chi connectivity index (χ3n) is 4.99. The van der Waals surface area contributed by atoms with Crippen LogP contribution in [0.2, 0.25) is 0 Å². The molecule has 0 spiro atoms. The van der Waals surface area contributed by atoms with Crippen molar-refractivity contribution in [2.24, 2.45) is 0 Å². The molecule has 0 N–H and O–H groups in total. The Morgan fingerprint density at radius 1 is 1.07 bits per heavy atom. The largest absolute Gasteiger partial charge is 0.497 e. The van der Waals surface area contributed by atoms with Crippen LogP contribution in [0.25, 0.3) is 0 Å². The molecule has 1 aliphatic heterocycles. The molecule has 29 heavy (non-hydrogen) atoms. The third-order valence-corrected chi connectivity index (χ3v) is 4.99. The van der Waals surface area contributed by atoms with Gasteiger partial charge in [0.15, 0.2) is 0 Å². The number of hydrogen-bond donors (Lipinski definition) is 0. The molecule has 2 aromatic carbocycles. The van der Waals surface area contributed by atoms with Crippen LogP contribution in [0.4, 0.5) is 24.5 Å². The highest BCUT2D eigenvalue weighted by molar-refractivity contribution is 5.59. The van der Waals surface area contributed by atoms with Gasteiger partial charge in [-0.05, 0) is 30.2 Å². The molecule has 0 radical (unpaired) electrons. The molecule has 0 aliphatic carbocycles. The Hall–Kier alpha value is -2.81. The number of benzene rings is 2. The van der Waals surface area contributed by atoms with Crippen LogP contribution in [0.3, 0.4) is 0 Å². The second-order valence-electron chi connectivity index (χ2n) is 6.92. The van der Waals surface area contributed by atoms with E-state index >= 15 is 0 Å². The van der Waals surface area contributed by atoms with Gasteiger partial charge in [0, 0.05) is 50.5 Å². The summed E-state index contributed by atoms with van der Waals surface area (Å²) in [5, 5.41) is 10.9. The Bertz CT molecular complexity index is 856. The normalized spacial score (nSPS) is 15.8. The van der Waals surface area contributed by atoms with E-state index in [1.165, 1.54) is 6.07 Å². The predicted molar refractivity (Wildman–Crippen MR) is 103 cm³/mol. The van der Waals surface area contributed by atoms with Crippen LogP contribution in [0, 0.1) is 10.1 Å². The average Bonchev–Trinajstić information content (AvgIpc) is 2.93. The van der Waals surface area contributed by atoms with Crippen molar-refractivity contribution in [1.29, 1.82) is 0 Å². The number of nitrogens with zero attached hydrogens (tertiary/aromatic N) is 3. The van der Waals surface area contributed by atoms with E-state index in [9.17, 15) is 23.3 Å². The van der Waals surface area contributed by atoms with Crippen LogP contribution in [-0.4, -0.2) is 43.1 Å². The topological polar surface area (TPSA) is 58.8 Å². The van der Waals surface area contributed by atoms with Crippen molar-refractivity contribution in [3.63, 3.8) is 0 Å². The average molecular weight is 409 g/mol. The van der Waals surface area contributed by atoms with Crippen molar-refractivity contribution in [1.82, 2.24) is 4.90 Å². The molecule has 6 nitrogen and oxygen atoms in total. The minimum atomic E-state index is -4.66. The first-order valence-electron chi connectivity index (χ1n) is 9.24. The van der Waals surface area contributed by atoms with Crippen LogP contribution in [-0.2, 0) is 12.7 Å².